The van der Waals surface area contributed by atoms with Gasteiger partial charge in [-0.1, -0.05) is 127 Å². The molecule has 0 bridgehead atoms. The largest absolute Gasteiger partial charge is 0.372 e. The highest BCUT2D eigenvalue weighted by atomic mass is 16.6. The molecule has 0 aliphatic heterocycles. The Labute approximate surface area is 237 Å². The van der Waals surface area contributed by atoms with Gasteiger partial charge in [0.25, 0.3) is 0 Å². The quantitative estimate of drug-likeness (QED) is 0.206. The standard InChI is InChI=1S/C35H37NO4/c36-32-21-31(26-37-22-27-13-5-1-6-14-27)33(38-23-28-15-7-2-8-16-28)35(40-25-30-19-11-4-12-20-30)34(32)39-24-29-17-9-3-10-18-29/h1-21,32-35H,22-26,36H2/t32-,33-,34+,35+/m1/s1. The van der Waals surface area contributed by atoms with Crippen LogP contribution in [0.3, 0.4) is 0 Å². The Balaban J connectivity index is 1.38. The van der Waals surface area contributed by atoms with Crippen LogP contribution in [0.1, 0.15) is 22.3 Å². The lowest BCUT2D eigenvalue weighted by Crippen LogP contribution is -2.55. The molecule has 0 saturated heterocycles. The monoisotopic (exact) mass is 535 g/mol. The first-order chi connectivity index (χ1) is 19.8. The van der Waals surface area contributed by atoms with Crippen LogP contribution in [0.25, 0.3) is 0 Å². The van der Waals surface area contributed by atoms with Gasteiger partial charge in [0.1, 0.15) is 18.3 Å². The van der Waals surface area contributed by atoms with Crippen molar-refractivity contribution in [2.24, 2.45) is 5.73 Å². The summed E-state index contributed by atoms with van der Waals surface area (Å²) in [5, 5.41) is 0. The number of benzene rings is 4. The van der Waals surface area contributed by atoms with Crippen LogP contribution in [-0.2, 0) is 45.4 Å². The average Bonchev–Trinajstić information content (AvgIpc) is 3.01. The third-order valence-corrected chi connectivity index (χ3v) is 7.00. The molecule has 2 N–H and O–H groups in total. The SMILES string of the molecule is N[C@@H]1C=C(COCc2ccccc2)[C@@H](OCc2ccccc2)[C@H](OCc2ccccc2)[C@H]1OCc1ccccc1. The molecule has 4 aromatic rings. The Morgan fingerprint density at radius 2 is 0.850 bits per heavy atom. The van der Waals surface area contributed by atoms with E-state index < -0.39 is 12.2 Å². The van der Waals surface area contributed by atoms with Crippen molar-refractivity contribution in [1.29, 1.82) is 0 Å². The Morgan fingerprint density at radius 1 is 0.450 bits per heavy atom. The van der Waals surface area contributed by atoms with Gasteiger partial charge in [-0.05, 0) is 27.8 Å². The average molecular weight is 536 g/mol. The molecular formula is C35H37NO4. The Kier molecular flexibility index (Phi) is 10.3. The summed E-state index contributed by atoms with van der Waals surface area (Å²) in [4.78, 5) is 0. The number of ether oxygens (including phenoxy) is 4. The van der Waals surface area contributed by atoms with Crippen LogP contribution < -0.4 is 5.73 Å². The van der Waals surface area contributed by atoms with Gasteiger partial charge in [0.2, 0.25) is 0 Å². The lowest BCUT2D eigenvalue weighted by molar-refractivity contribution is -0.151. The summed E-state index contributed by atoms with van der Waals surface area (Å²) in [6.07, 6.45) is 0.824. The second-order valence-electron chi connectivity index (χ2n) is 10.0. The fourth-order valence-corrected chi connectivity index (χ4v) is 4.91. The molecule has 0 spiro atoms. The minimum Gasteiger partial charge on any atom is -0.372 e. The van der Waals surface area contributed by atoms with Crippen molar-refractivity contribution in [2.45, 2.75) is 50.8 Å². The third-order valence-electron chi connectivity index (χ3n) is 7.00. The summed E-state index contributed by atoms with van der Waals surface area (Å²) in [5.41, 5.74) is 12.1. The van der Waals surface area contributed by atoms with Crippen molar-refractivity contribution in [2.75, 3.05) is 6.61 Å². The molecular weight excluding hydrogens is 498 g/mol. The van der Waals surface area contributed by atoms with Gasteiger partial charge in [-0.2, -0.15) is 0 Å². The van der Waals surface area contributed by atoms with Gasteiger partial charge in [-0.15, -0.1) is 0 Å². The molecule has 1 aliphatic carbocycles. The molecule has 0 unspecified atom stereocenters. The van der Waals surface area contributed by atoms with Crippen LogP contribution in [0.5, 0.6) is 0 Å². The lowest BCUT2D eigenvalue weighted by Gasteiger charge is -2.40. The van der Waals surface area contributed by atoms with Crippen LogP contribution in [0.15, 0.2) is 133 Å². The fraction of sp³-hybridized carbons (Fsp3) is 0.257. The van der Waals surface area contributed by atoms with E-state index in [0.717, 1.165) is 27.8 Å². The lowest BCUT2D eigenvalue weighted by atomic mass is 9.88. The molecule has 0 fully saturated rings. The Morgan fingerprint density at radius 3 is 1.32 bits per heavy atom. The predicted molar refractivity (Wildman–Crippen MR) is 157 cm³/mol. The van der Waals surface area contributed by atoms with Gasteiger partial charge in [0, 0.05) is 0 Å². The van der Waals surface area contributed by atoms with E-state index >= 15 is 0 Å². The van der Waals surface area contributed by atoms with Crippen molar-refractivity contribution in [3.05, 3.63) is 155 Å². The number of nitrogens with two attached hydrogens (primary N) is 1. The third kappa shape index (κ3) is 7.98. The molecule has 206 valence electrons. The van der Waals surface area contributed by atoms with Gasteiger partial charge >= 0.3 is 0 Å². The predicted octanol–water partition coefficient (Wildman–Crippen LogP) is 6.23. The first-order valence-corrected chi connectivity index (χ1v) is 13.8. The molecule has 0 saturated carbocycles. The van der Waals surface area contributed by atoms with Crippen LogP contribution in [-0.4, -0.2) is 31.0 Å². The highest BCUT2D eigenvalue weighted by Crippen LogP contribution is 2.30. The molecule has 4 atom stereocenters. The summed E-state index contributed by atoms with van der Waals surface area (Å²) in [5.74, 6) is 0. The molecule has 40 heavy (non-hydrogen) atoms. The van der Waals surface area contributed by atoms with E-state index in [1.54, 1.807) is 0 Å². The van der Waals surface area contributed by atoms with E-state index in [4.69, 9.17) is 24.7 Å². The van der Waals surface area contributed by atoms with Crippen molar-refractivity contribution in [1.82, 2.24) is 0 Å². The topological polar surface area (TPSA) is 62.9 Å². The van der Waals surface area contributed by atoms with E-state index in [-0.39, 0.29) is 12.1 Å². The molecule has 4 aromatic carbocycles. The Hall–Kier alpha value is -3.58. The molecule has 0 radical (unpaired) electrons. The molecule has 0 aromatic heterocycles. The van der Waals surface area contributed by atoms with Crippen LogP contribution >= 0.6 is 0 Å². The van der Waals surface area contributed by atoms with Crippen molar-refractivity contribution < 1.29 is 18.9 Å². The molecule has 5 heteroatoms. The summed E-state index contributed by atoms with van der Waals surface area (Å²) in [6, 6.07) is 40.2. The van der Waals surface area contributed by atoms with Crippen LogP contribution in [0.2, 0.25) is 0 Å². The first kappa shape index (κ1) is 28.0. The van der Waals surface area contributed by atoms with E-state index in [1.165, 1.54) is 0 Å². The molecule has 0 amide bonds. The van der Waals surface area contributed by atoms with E-state index in [0.29, 0.717) is 33.0 Å². The first-order valence-electron chi connectivity index (χ1n) is 13.8. The van der Waals surface area contributed by atoms with Crippen molar-refractivity contribution >= 4 is 0 Å². The maximum atomic E-state index is 6.75. The van der Waals surface area contributed by atoms with Crippen LogP contribution in [0.4, 0.5) is 0 Å². The highest BCUT2D eigenvalue weighted by Gasteiger charge is 2.41. The number of rotatable bonds is 13. The zero-order chi connectivity index (χ0) is 27.4. The van der Waals surface area contributed by atoms with Crippen LogP contribution in [0, 0.1) is 0 Å². The van der Waals surface area contributed by atoms with E-state index in [9.17, 15) is 0 Å². The molecule has 5 rings (SSSR count). The van der Waals surface area contributed by atoms with E-state index in [2.05, 4.69) is 48.5 Å². The summed E-state index contributed by atoms with van der Waals surface area (Å²) >= 11 is 0. The molecule has 1 aliphatic rings. The maximum Gasteiger partial charge on any atom is 0.116 e. The zero-order valence-corrected chi connectivity index (χ0v) is 22.7. The molecule has 5 nitrogen and oxygen atoms in total. The maximum absolute atomic E-state index is 6.75. The fourth-order valence-electron chi connectivity index (χ4n) is 4.91. The second-order valence-corrected chi connectivity index (χ2v) is 10.0. The zero-order valence-electron chi connectivity index (χ0n) is 22.7. The van der Waals surface area contributed by atoms with Gasteiger partial charge in [-0.3, -0.25) is 0 Å². The Bertz CT molecular complexity index is 1300. The van der Waals surface area contributed by atoms with Crippen molar-refractivity contribution in [3.63, 3.8) is 0 Å². The normalized spacial score (nSPS) is 20.7. The molecule has 0 heterocycles. The highest BCUT2D eigenvalue weighted by molar-refractivity contribution is 5.24. The minimum absolute atomic E-state index is 0.378. The van der Waals surface area contributed by atoms with E-state index in [1.807, 2.05) is 78.9 Å². The minimum atomic E-state index is -0.428. The second kappa shape index (κ2) is 14.7. The number of hydrogen-bond acceptors (Lipinski definition) is 5. The van der Waals surface area contributed by atoms with Gasteiger partial charge in [0.15, 0.2) is 0 Å². The summed E-state index contributed by atoms with van der Waals surface area (Å²) < 4.78 is 25.9. The summed E-state index contributed by atoms with van der Waals surface area (Å²) in [7, 11) is 0. The van der Waals surface area contributed by atoms with Gasteiger partial charge in [-0.25, -0.2) is 0 Å². The smallest absolute Gasteiger partial charge is 0.116 e. The summed E-state index contributed by atoms with van der Waals surface area (Å²) in [6.45, 7) is 2.19. The number of hydrogen-bond donors (Lipinski definition) is 1. The van der Waals surface area contributed by atoms with Gasteiger partial charge < -0.3 is 24.7 Å². The van der Waals surface area contributed by atoms with Gasteiger partial charge in [0.05, 0.1) is 39.1 Å². The van der Waals surface area contributed by atoms with Crippen molar-refractivity contribution in [3.8, 4) is 0 Å².